The van der Waals surface area contributed by atoms with Crippen molar-refractivity contribution >= 4 is 6.21 Å². The van der Waals surface area contributed by atoms with E-state index in [0.29, 0.717) is 42.2 Å². The molecule has 0 radical (unpaired) electrons. The van der Waals surface area contributed by atoms with E-state index in [1.807, 2.05) is 6.08 Å². The van der Waals surface area contributed by atoms with Crippen LogP contribution in [-0.4, -0.2) is 41.3 Å². The fraction of sp³-hybridized carbons (Fsp3) is 0.875. The summed E-state index contributed by atoms with van der Waals surface area (Å²) in [6, 6.07) is 0. The molecule has 4 N–H and O–H groups in total. The molecule has 0 amide bonds. The Morgan fingerprint density at radius 3 is 2.69 bits per heavy atom. The fourth-order valence-corrected chi connectivity index (χ4v) is 7.92. The van der Waals surface area contributed by atoms with Gasteiger partial charge in [-0.05, 0) is 93.0 Å². The van der Waals surface area contributed by atoms with E-state index in [4.69, 9.17) is 10.6 Å². The van der Waals surface area contributed by atoms with Gasteiger partial charge < -0.3 is 20.8 Å². The van der Waals surface area contributed by atoms with Crippen LogP contribution in [0.1, 0.15) is 71.6 Å². The minimum absolute atomic E-state index is 0.0615. The highest BCUT2D eigenvalue weighted by atomic mass is 16.6. The number of nitrogens with two attached hydrogens (primary N) is 1. The first-order valence-electron chi connectivity index (χ1n) is 11.8. The number of hydrogen-bond acceptors (Lipinski definition) is 5. The van der Waals surface area contributed by atoms with Crippen molar-refractivity contribution in [2.45, 2.75) is 83.3 Å². The van der Waals surface area contributed by atoms with E-state index in [2.05, 4.69) is 25.1 Å². The van der Waals surface area contributed by atoms with Crippen molar-refractivity contribution in [1.82, 2.24) is 0 Å². The van der Waals surface area contributed by atoms with E-state index in [0.717, 1.165) is 44.9 Å². The van der Waals surface area contributed by atoms with Gasteiger partial charge in [0.15, 0.2) is 0 Å². The molecular weight excluding hydrogens is 364 g/mol. The Balaban J connectivity index is 1.51. The third-order valence-electron chi connectivity index (χ3n) is 9.67. The van der Waals surface area contributed by atoms with E-state index in [1.165, 1.54) is 12.8 Å². The zero-order valence-corrected chi connectivity index (χ0v) is 18.2. The molecule has 0 aromatic rings. The minimum Gasteiger partial charge on any atom is -0.394 e. The molecule has 0 bridgehead atoms. The van der Waals surface area contributed by atoms with Crippen LogP contribution < -0.4 is 5.73 Å². The van der Waals surface area contributed by atoms with Gasteiger partial charge in [0, 0.05) is 12.0 Å². The number of aliphatic hydroxyl groups excluding tert-OH is 1. The van der Waals surface area contributed by atoms with Gasteiger partial charge >= 0.3 is 0 Å². The summed E-state index contributed by atoms with van der Waals surface area (Å²) in [6.07, 6.45) is 15.4. The van der Waals surface area contributed by atoms with Gasteiger partial charge in [-0.25, -0.2) is 0 Å². The highest BCUT2D eigenvalue weighted by Gasteiger charge is 2.66. The lowest BCUT2D eigenvalue weighted by Gasteiger charge is -2.63. The largest absolute Gasteiger partial charge is 0.394 e. The first-order valence-corrected chi connectivity index (χ1v) is 11.8. The molecule has 3 unspecified atom stereocenters. The van der Waals surface area contributed by atoms with Crippen molar-refractivity contribution in [3.8, 4) is 0 Å². The zero-order valence-electron chi connectivity index (χ0n) is 18.2. The van der Waals surface area contributed by atoms with Crippen LogP contribution in [0.25, 0.3) is 0 Å². The molecule has 4 aliphatic carbocycles. The maximum absolute atomic E-state index is 12.1. The van der Waals surface area contributed by atoms with Crippen LogP contribution in [0.3, 0.4) is 0 Å². The fourth-order valence-electron chi connectivity index (χ4n) is 7.92. The van der Waals surface area contributed by atoms with Gasteiger partial charge in [0.05, 0.1) is 17.9 Å². The maximum atomic E-state index is 12.1. The number of allylic oxidation sites excluding steroid dienone is 2. The number of fused-ring (bicyclic) bond motifs is 5. The third-order valence-corrected chi connectivity index (χ3v) is 9.67. The Morgan fingerprint density at radius 1 is 1.07 bits per heavy atom. The Labute approximate surface area is 175 Å². The quantitative estimate of drug-likeness (QED) is 0.371. The summed E-state index contributed by atoms with van der Waals surface area (Å²) in [4.78, 5) is 5.06. The molecule has 0 spiro atoms. The molecule has 5 nitrogen and oxygen atoms in total. The third kappa shape index (κ3) is 3.37. The van der Waals surface area contributed by atoms with Crippen molar-refractivity contribution in [1.29, 1.82) is 0 Å². The van der Waals surface area contributed by atoms with E-state index in [-0.39, 0.29) is 11.5 Å². The second-order valence-electron chi connectivity index (χ2n) is 10.7. The van der Waals surface area contributed by atoms with Crippen LogP contribution in [0.2, 0.25) is 0 Å². The van der Waals surface area contributed by atoms with Crippen molar-refractivity contribution in [3.05, 3.63) is 12.2 Å². The molecule has 0 aromatic carbocycles. The average Bonchev–Trinajstić information content (AvgIpc) is 2.96. The van der Waals surface area contributed by atoms with Crippen LogP contribution in [0.4, 0.5) is 0 Å². The number of oxime groups is 1. The van der Waals surface area contributed by atoms with Crippen LogP contribution in [-0.2, 0) is 4.84 Å². The Hall–Kier alpha value is -0.910. The summed E-state index contributed by atoms with van der Waals surface area (Å²) in [5, 5.41) is 26.2. The molecule has 29 heavy (non-hydrogen) atoms. The standard InChI is InChI=1S/C24H40N2O3/c1-22-10-8-19(27)16-18(22)5-6-21-20(22)9-11-23(2)17(7-12-24(21,23)28)4-3-14-26-29-15-13-25/h3-4,14,17-21,27-28H,5-13,15-16,25H2,1-2H3/b4-3?,26-14+/t17?,18?,19?,20-,21-,22+,23-,24-/m1/s1. The second kappa shape index (κ2) is 7.97. The summed E-state index contributed by atoms with van der Waals surface area (Å²) < 4.78 is 0. The lowest BCUT2D eigenvalue weighted by atomic mass is 9.43. The van der Waals surface area contributed by atoms with Gasteiger partial charge in [0.1, 0.15) is 6.61 Å². The Kier molecular flexibility index (Phi) is 5.86. The van der Waals surface area contributed by atoms with E-state index < -0.39 is 5.60 Å². The highest BCUT2D eigenvalue weighted by molar-refractivity contribution is 5.70. The van der Waals surface area contributed by atoms with Gasteiger partial charge in [0.2, 0.25) is 0 Å². The van der Waals surface area contributed by atoms with Crippen molar-refractivity contribution in [2.24, 2.45) is 45.4 Å². The lowest BCUT2D eigenvalue weighted by Crippen LogP contribution is -2.62. The van der Waals surface area contributed by atoms with E-state index in [1.54, 1.807) is 6.21 Å². The molecule has 4 rings (SSSR count). The second-order valence-corrected chi connectivity index (χ2v) is 10.7. The van der Waals surface area contributed by atoms with Crippen LogP contribution in [0, 0.1) is 34.5 Å². The Bertz CT molecular complexity index is 652. The molecule has 0 aliphatic heterocycles. The lowest BCUT2D eigenvalue weighted by molar-refractivity contribution is -0.207. The summed E-state index contributed by atoms with van der Waals surface area (Å²) >= 11 is 0. The number of nitrogens with zero attached hydrogens (tertiary/aromatic N) is 1. The normalized spacial score (nSPS) is 49.8. The zero-order chi connectivity index (χ0) is 20.7. The van der Waals surface area contributed by atoms with Crippen LogP contribution in [0.15, 0.2) is 17.3 Å². The number of aliphatic hydroxyl groups is 2. The van der Waals surface area contributed by atoms with Crippen molar-refractivity contribution < 1.29 is 15.1 Å². The summed E-state index contributed by atoms with van der Waals surface area (Å²) in [5.41, 5.74) is 5.06. The summed E-state index contributed by atoms with van der Waals surface area (Å²) in [5.74, 6) is 2.01. The van der Waals surface area contributed by atoms with Crippen LogP contribution >= 0.6 is 0 Å². The minimum atomic E-state index is -0.567. The molecular formula is C24H40N2O3. The van der Waals surface area contributed by atoms with E-state index >= 15 is 0 Å². The molecule has 4 fully saturated rings. The van der Waals surface area contributed by atoms with Crippen LogP contribution in [0.5, 0.6) is 0 Å². The summed E-state index contributed by atoms with van der Waals surface area (Å²) in [7, 11) is 0. The maximum Gasteiger partial charge on any atom is 0.129 e. The van der Waals surface area contributed by atoms with Gasteiger partial charge in [0.25, 0.3) is 0 Å². The molecule has 4 saturated carbocycles. The molecule has 5 heteroatoms. The van der Waals surface area contributed by atoms with Crippen molar-refractivity contribution in [3.63, 3.8) is 0 Å². The molecule has 0 aromatic heterocycles. The highest BCUT2D eigenvalue weighted by Crippen LogP contribution is 2.69. The van der Waals surface area contributed by atoms with Gasteiger partial charge in [-0.15, -0.1) is 0 Å². The first-order chi connectivity index (χ1) is 13.8. The molecule has 0 saturated heterocycles. The van der Waals surface area contributed by atoms with Gasteiger partial charge in [-0.2, -0.15) is 0 Å². The Morgan fingerprint density at radius 2 is 1.90 bits per heavy atom. The van der Waals surface area contributed by atoms with Crippen molar-refractivity contribution in [2.75, 3.05) is 13.2 Å². The van der Waals surface area contributed by atoms with E-state index in [9.17, 15) is 10.2 Å². The first kappa shape index (κ1) is 21.3. The SMILES string of the molecule is C[C@]12CCC(O)CC1CC[C@@H]1[C@H]2CC[C@]2(C)C(C=C/C=N/OCCN)CC[C@@]12O. The summed E-state index contributed by atoms with van der Waals surface area (Å²) in [6.45, 7) is 5.70. The number of rotatable bonds is 5. The predicted octanol–water partition coefficient (Wildman–Crippen LogP) is 3.64. The number of hydrogen-bond donors (Lipinski definition) is 3. The molecule has 164 valence electrons. The predicted molar refractivity (Wildman–Crippen MR) is 115 cm³/mol. The average molecular weight is 405 g/mol. The van der Waals surface area contributed by atoms with Gasteiger partial charge in [-0.3, -0.25) is 0 Å². The topological polar surface area (TPSA) is 88.1 Å². The molecule has 0 heterocycles. The van der Waals surface area contributed by atoms with Gasteiger partial charge in [-0.1, -0.05) is 25.1 Å². The molecule has 8 atom stereocenters. The molecule has 4 aliphatic rings. The smallest absolute Gasteiger partial charge is 0.129 e. The monoisotopic (exact) mass is 404 g/mol.